The van der Waals surface area contributed by atoms with Crippen LogP contribution in [0.15, 0.2) is 78.4 Å². The highest BCUT2D eigenvalue weighted by atomic mass is 35.5. The number of urea groups is 1. The summed E-state index contributed by atoms with van der Waals surface area (Å²) in [6.45, 7) is 0.344. The zero-order chi connectivity index (χ0) is 22.7. The molecule has 0 atom stereocenters. The zero-order valence-electron chi connectivity index (χ0n) is 16.5. The second-order valence-corrected chi connectivity index (χ2v) is 7.69. The van der Waals surface area contributed by atoms with E-state index in [4.69, 9.17) is 27.9 Å². The van der Waals surface area contributed by atoms with Gasteiger partial charge in [-0.3, -0.25) is 14.9 Å². The minimum atomic E-state index is -0.868. The monoisotopic (exact) mass is 466 g/mol. The van der Waals surface area contributed by atoms with Crippen LogP contribution in [0.4, 0.5) is 10.5 Å². The van der Waals surface area contributed by atoms with E-state index in [1.807, 2.05) is 30.3 Å². The first-order valence-electron chi connectivity index (χ1n) is 9.56. The molecule has 4 amide bonds. The Balaban J connectivity index is 1.58. The van der Waals surface area contributed by atoms with Crippen LogP contribution in [0, 0.1) is 0 Å². The van der Waals surface area contributed by atoms with Crippen molar-refractivity contribution < 1.29 is 19.1 Å². The number of barbiturate groups is 1. The molecule has 4 rings (SSSR count). The number of carbonyl (C=O) groups excluding carboxylic acids is 3. The first-order chi connectivity index (χ1) is 15.4. The SMILES string of the molecule is O=C1NC(=O)N(c2ccccc2Cl)C(=O)/C1=C/c1ccc(OCc2ccccc2)c(Cl)c1. The molecule has 1 fully saturated rings. The molecule has 32 heavy (non-hydrogen) atoms. The minimum Gasteiger partial charge on any atom is -0.487 e. The van der Waals surface area contributed by atoms with Crippen LogP contribution in [-0.4, -0.2) is 17.8 Å². The van der Waals surface area contributed by atoms with Crippen molar-refractivity contribution >= 4 is 52.8 Å². The molecule has 1 N–H and O–H groups in total. The van der Waals surface area contributed by atoms with Gasteiger partial charge >= 0.3 is 6.03 Å². The summed E-state index contributed by atoms with van der Waals surface area (Å²) in [5.41, 5.74) is 1.44. The van der Waals surface area contributed by atoms with E-state index in [1.165, 1.54) is 12.1 Å². The van der Waals surface area contributed by atoms with Gasteiger partial charge < -0.3 is 4.74 Å². The van der Waals surface area contributed by atoms with Gasteiger partial charge in [-0.05, 0) is 41.5 Å². The summed E-state index contributed by atoms with van der Waals surface area (Å²) in [6, 6.07) is 20.0. The first kappa shape index (κ1) is 21.6. The Morgan fingerprint density at radius 2 is 1.59 bits per heavy atom. The van der Waals surface area contributed by atoms with Gasteiger partial charge in [-0.2, -0.15) is 0 Å². The number of hydrogen-bond acceptors (Lipinski definition) is 4. The van der Waals surface area contributed by atoms with Crippen LogP contribution >= 0.6 is 23.2 Å². The molecule has 0 spiro atoms. The molecule has 1 aliphatic heterocycles. The maximum Gasteiger partial charge on any atom is 0.335 e. The Bertz CT molecular complexity index is 1240. The number of imide groups is 2. The molecule has 160 valence electrons. The molecule has 1 saturated heterocycles. The van der Waals surface area contributed by atoms with E-state index < -0.39 is 17.8 Å². The number of carbonyl (C=O) groups is 3. The standard InChI is InChI=1S/C24H16Cl2N2O4/c25-18-8-4-5-9-20(18)28-23(30)17(22(29)27-24(28)31)12-16-10-11-21(19(26)13-16)32-14-15-6-2-1-3-7-15/h1-13H,14H2,(H,27,29,31)/b17-12+. The molecular formula is C24H16Cl2N2O4. The zero-order valence-corrected chi connectivity index (χ0v) is 18.1. The fraction of sp³-hybridized carbons (Fsp3) is 0.0417. The van der Waals surface area contributed by atoms with E-state index >= 15 is 0 Å². The van der Waals surface area contributed by atoms with Gasteiger partial charge in [0, 0.05) is 0 Å². The Morgan fingerprint density at radius 1 is 0.875 bits per heavy atom. The lowest BCUT2D eigenvalue weighted by molar-refractivity contribution is -0.122. The molecular weight excluding hydrogens is 451 g/mol. The molecule has 8 heteroatoms. The molecule has 1 aliphatic rings. The highest BCUT2D eigenvalue weighted by Crippen LogP contribution is 2.30. The minimum absolute atomic E-state index is 0.178. The highest BCUT2D eigenvalue weighted by Gasteiger charge is 2.37. The summed E-state index contributed by atoms with van der Waals surface area (Å²) < 4.78 is 5.75. The third-order valence-corrected chi connectivity index (χ3v) is 5.31. The van der Waals surface area contributed by atoms with E-state index in [0.717, 1.165) is 10.5 Å². The predicted octanol–water partition coefficient (Wildman–Crippen LogP) is 5.24. The van der Waals surface area contributed by atoms with Crippen molar-refractivity contribution in [3.05, 3.63) is 99.5 Å². The summed E-state index contributed by atoms with van der Waals surface area (Å²) in [5.74, 6) is -1.12. The van der Waals surface area contributed by atoms with Crippen molar-refractivity contribution in [3.8, 4) is 5.75 Å². The summed E-state index contributed by atoms with van der Waals surface area (Å²) in [6.07, 6.45) is 1.36. The summed E-state index contributed by atoms with van der Waals surface area (Å²) in [7, 11) is 0. The van der Waals surface area contributed by atoms with Crippen molar-refractivity contribution in [1.29, 1.82) is 0 Å². The fourth-order valence-electron chi connectivity index (χ4n) is 3.14. The fourth-order valence-corrected chi connectivity index (χ4v) is 3.60. The number of hydrogen-bond donors (Lipinski definition) is 1. The Kier molecular flexibility index (Phi) is 6.25. The van der Waals surface area contributed by atoms with E-state index in [0.29, 0.717) is 22.9 Å². The average Bonchev–Trinajstić information content (AvgIpc) is 2.78. The first-order valence-corrected chi connectivity index (χ1v) is 10.3. The Morgan fingerprint density at radius 3 is 2.31 bits per heavy atom. The number of nitrogens with one attached hydrogen (secondary N) is 1. The lowest BCUT2D eigenvalue weighted by Gasteiger charge is -2.27. The second kappa shape index (κ2) is 9.26. The maximum absolute atomic E-state index is 13.0. The summed E-state index contributed by atoms with van der Waals surface area (Å²) in [4.78, 5) is 38.5. The van der Waals surface area contributed by atoms with Gasteiger partial charge in [0.2, 0.25) is 0 Å². The van der Waals surface area contributed by atoms with Crippen molar-refractivity contribution in [3.63, 3.8) is 0 Å². The van der Waals surface area contributed by atoms with Gasteiger partial charge in [-0.1, -0.05) is 71.7 Å². The van der Waals surface area contributed by atoms with Crippen molar-refractivity contribution in [2.75, 3.05) is 4.90 Å². The highest BCUT2D eigenvalue weighted by molar-refractivity contribution is 6.42. The normalized spacial score (nSPS) is 15.1. The molecule has 0 aliphatic carbocycles. The van der Waals surface area contributed by atoms with Gasteiger partial charge in [-0.25, -0.2) is 9.69 Å². The summed E-state index contributed by atoms with van der Waals surface area (Å²) >= 11 is 12.5. The van der Waals surface area contributed by atoms with E-state index in [2.05, 4.69) is 5.32 Å². The smallest absolute Gasteiger partial charge is 0.335 e. The van der Waals surface area contributed by atoms with Crippen molar-refractivity contribution in [1.82, 2.24) is 5.32 Å². The van der Waals surface area contributed by atoms with Gasteiger partial charge in [0.1, 0.15) is 17.9 Å². The van der Waals surface area contributed by atoms with Gasteiger partial charge in [0.15, 0.2) is 0 Å². The van der Waals surface area contributed by atoms with E-state index in [-0.39, 0.29) is 16.3 Å². The number of anilines is 1. The van der Waals surface area contributed by atoms with E-state index in [9.17, 15) is 14.4 Å². The second-order valence-electron chi connectivity index (χ2n) is 6.87. The third kappa shape index (κ3) is 4.51. The number of benzene rings is 3. The number of ether oxygens (including phenoxy) is 1. The van der Waals surface area contributed by atoms with Crippen LogP contribution in [0.25, 0.3) is 6.08 Å². The third-order valence-electron chi connectivity index (χ3n) is 4.70. The van der Waals surface area contributed by atoms with Crippen LogP contribution in [0.1, 0.15) is 11.1 Å². The van der Waals surface area contributed by atoms with Crippen LogP contribution in [0.5, 0.6) is 5.75 Å². The molecule has 0 saturated carbocycles. The van der Waals surface area contributed by atoms with Crippen LogP contribution in [0.2, 0.25) is 10.0 Å². The summed E-state index contributed by atoms with van der Waals surface area (Å²) in [5, 5.41) is 2.68. The van der Waals surface area contributed by atoms with Crippen LogP contribution in [-0.2, 0) is 16.2 Å². The number of nitrogens with zero attached hydrogens (tertiary/aromatic N) is 1. The van der Waals surface area contributed by atoms with Gasteiger partial charge in [-0.15, -0.1) is 0 Å². The number of halogens is 2. The average molecular weight is 467 g/mol. The molecule has 0 radical (unpaired) electrons. The van der Waals surface area contributed by atoms with Crippen molar-refractivity contribution in [2.24, 2.45) is 0 Å². The molecule has 1 heterocycles. The Labute approximate surface area is 194 Å². The molecule has 6 nitrogen and oxygen atoms in total. The van der Waals surface area contributed by atoms with Crippen molar-refractivity contribution in [2.45, 2.75) is 6.61 Å². The topological polar surface area (TPSA) is 75.7 Å². The number of para-hydroxylation sites is 1. The molecule has 3 aromatic rings. The lowest BCUT2D eigenvalue weighted by Crippen LogP contribution is -2.54. The molecule has 3 aromatic carbocycles. The van der Waals surface area contributed by atoms with E-state index in [1.54, 1.807) is 36.4 Å². The molecule has 0 unspecified atom stereocenters. The quantitative estimate of drug-likeness (QED) is 0.412. The lowest BCUT2D eigenvalue weighted by atomic mass is 10.1. The van der Waals surface area contributed by atoms with Crippen LogP contribution in [0.3, 0.4) is 0 Å². The predicted molar refractivity (Wildman–Crippen MR) is 123 cm³/mol. The van der Waals surface area contributed by atoms with Gasteiger partial charge in [0.25, 0.3) is 11.8 Å². The maximum atomic E-state index is 13.0. The largest absolute Gasteiger partial charge is 0.487 e. The molecule has 0 aromatic heterocycles. The molecule has 0 bridgehead atoms. The Hall–Kier alpha value is -3.61. The number of amides is 4. The van der Waals surface area contributed by atoms with Gasteiger partial charge in [0.05, 0.1) is 15.7 Å². The van der Waals surface area contributed by atoms with Crippen LogP contribution < -0.4 is 15.0 Å². The number of rotatable bonds is 5.